The Hall–Kier alpha value is -1.83. The maximum atomic E-state index is 13.7. The molecule has 0 saturated carbocycles. The standard InChI is InChI=1S/C18H24BrFN2O4/c1-13(2)11-26-18(24)22-7-3-6-21(8-9-22)17(23)12-25-16-5-4-14(19)10-15(16)20/h4-5,10,13H,3,6-9,11-12H2,1-2H3. The summed E-state index contributed by atoms with van der Waals surface area (Å²) in [7, 11) is 0. The number of hydrogen-bond donors (Lipinski definition) is 0. The van der Waals surface area contributed by atoms with Gasteiger partial charge in [0.1, 0.15) is 0 Å². The molecule has 6 nitrogen and oxygen atoms in total. The second kappa shape index (κ2) is 9.75. The molecule has 0 bridgehead atoms. The van der Waals surface area contributed by atoms with E-state index in [-0.39, 0.29) is 30.3 Å². The van der Waals surface area contributed by atoms with E-state index in [1.165, 1.54) is 12.1 Å². The van der Waals surface area contributed by atoms with E-state index >= 15 is 0 Å². The molecule has 0 radical (unpaired) electrons. The molecule has 0 aromatic heterocycles. The third-order valence-corrected chi connectivity index (χ3v) is 4.39. The van der Waals surface area contributed by atoms with Crippen LogP contribution in [0.1, 0.15) is 20.3 Å². The van der Waals surface area contributed by atoms with Gasteiger partial charge in [0.2, 0.25) is 0 Å². The summed E-state index contributed by atoms with van der Waals surface area (Å²) in [6.07, 6.45) is 0.316. The Morgan fingerprint density at radius 1 is 1.19 bits per heavy atom. The van der Waals surface area contributed by atoms with Gasteiger partial charge in [0.05, 0.1) is 6.61 Å². The molecule has 26 heavy (non-hydrogen) atoms. The van der Waals surface area contributed by atoms with E-state index in [9.17, 15) is 14.0 Å². The van der Waals surface area contributed by atoms with Crippen molar-refractivity contribution in [2.45, 2.75) is 20.3 Å². The number of carbonyl (C=O) groups is 2. The molecule has 0 aliphatic carbocycles. The van der Waals surface area contributed by atoms with Crippen LogP contribution in [0.15, 0.2) is 22.7 Å². The monoisotopic (exact) mass is 430 g/mol. The van der Waals surface area contributed by atoms with Crippen LogP contribution in [0.2, 0.25) is 0 Å². The van der Waals surface area contributed by atoms with Crippen molar-refractivity contribution in [1.29, 1.82) is 0 Å². The van der Waals surface area contributed by atoms with Gasteiger partial charge >= 0.3 is 6.09 Å². The van der Waals surface area contributed by atoms with Gasteiger partial charge < -0.3 is 19.3 Å². The lowest BCUT2D eigenvalue weighted by Crippen LogP contribution is -2.39. The second-order valence-electron chi connectivity index (χ2n) is 6.56. The molecule has 1 saturated heterocycles. The Balaban J connectivity index is 1.82. The smallest absolute Gasteiger partial charge is 0.409 e. The van der Waals surface area contributed by atoms with Gasteiger partial charge in [0, 0.05) is 30.7 Å². The molecule has 0 atom stereocenters. The van der Waals surface area contributed by atoms with E-state index in [0.717, 1.165) is 0 Å². The van der Waals surface area contributed by atoms with Crippen molar-refractivity contribution in [3.63, 3.8) is 0 Å². The minimum atomic E-state index is -0.526. The maximum Gasteiger partial charge on any atom is 0.409 e. The molecule has 8 heteroatoms. The fourth-order valence-electron chi connectivity index (χ4n) is 2.50. The van der Waals surface area contributed by atoms with Crippen molar-refractivity contribution in [2.24, 2.45) is 5.92 Å². The van der Waals surface area contributed by atoms with Crippen molar-refractivity contribution in [2.75, 3.05) is 39.4 Å². The van der Waals surface area contributed by atoms with E-state index < -0.39 is 5.82 Å². The van der Waals surface area contributed by atoms with Gasteiger partial charge in [0.25, 0.3) is 5.91 Å². The number of amides is 2. The van der Waals surface area contributed by atoms with Crippen LogP contribution in [0.5, 0.6) is 5.75 Å². The molecular weight excluding hydrogens is 407 g/mol. The van der Waals surface area contributed by atoms with Crippen LogP contribution in [-0.2, 0) is 9.53 Å². The molecule has 1 fully saturated rings. The molecule has 2 rings (SSSR count). The molecule has 1 aromatic carbocycles. The van der Waals surface area contributed by atoms with Crippen LogP contribution in [0.3, 0.4) is 0 Å². The summed E-state index contributed by atoms with van der Waals surface area (Å²) in [6.45, 7) is 5.98. The third kappa shape index (κ3) is 6.16. The average molecular weight is 431 g/mol. The van der Waals surface area contributed by atoms with Gasteiger partial charge in [-0.2, -0.15) is 0 Å². The van der Waals surface area contributed by atoms with Crippen molar-refractivity contribution >= 4 is 27.9 Å². The number of benzene rings is 1. The Bertz CT molecular complexity index is 642. The fraction of sp³-hybridized carbons (Fsp3) is 0.556. The molecule has 1 aliphatic rings. The predicted molar refractivity (Wildman–Crippen MR) is 98.6 cm³/mol. The molecule has 0 unspecified atom stereocenters. The van der Waals surface area contributed by atoms with Crippen LogP contribution < -0.4 is 4.74 Å². The van der Waals surface area contributed by atoms with E-state index in [0.29, 0.717) is 43.7 Å². The molecule has 0 spiro atoms. The van der Waals surface area contributed by atoms with Gasteiger partial charge in [-0.15, -0.1) is 0 Å². The molecule has 1 aromatic rings. The Morgan fingerprint density at radius 2 is 1.88 bits per heavy atom. The summed E-state index contributed by atoms with van der Waals surface area (Å²) in [5, 5.41) is 0. The van der Waals surface area contributed by atoms with E-state index in [4.69, 9.17) is 9.47 Å². The Kier molecular flexibility index (Phi) is 7.68. The predicted octanol–water partition coefficient (Wildman–Crippen LogP) is 3.29. The third-order valence-electron chi connectivity index (χ3n) is 3.89. The highest BCUT2D eigenvalue weighted by atomic mass is 79.9. The van der Waals surface area contributed by atoms with Gasteiger partial charge in [-0.25, -0.2) is 9.18 Å². The average Bonchev–Trinajstić information content (AvgIpc) is 2.85. The van der Waals surface area contributed by atoms with Gasteiger partial charge in [-0.1, -0.05) is 29.8 Å². The maximum absolute atomic E-state index is 13.7. The van der Waals surface area contributed by atoms with Crippen LogP contribution in [0.25, 0.3) is 0 Å². The summed E-state index contributed by atoms with van der Waals surface area (Å²) in [5.74, 6) is -0.442. The second-order valence-corrected chi connectivity index (χ2v) is 7.47. The Labute approximate surface area is 161 Å². The number of halogens is 2. The van der Waals surface area contributed by atoms with Crippen molar-refractivity contribution in [3.05, 3.63) is 28.5 Å². The van der Waals surface area contributed by atoms with Crippen LogP contribution in [0, 0.1) is 11.7 Å². The number of rotatable bonds is 5. The molecule has 144 valence electrons. The summed E-state index contributed by atoms with van der Waals surface area (Å²) >= 11 is 3.17. The Morgan fingerprint density at radius 3 is 2.58 bits per heavy atom. The SMILES string of the molecule is CC(C)COC(=O)N1CCCN(C(=O)COc2ccc(Br)cc2F)CC1. The zero-order chi connectivity index (χ0) is 19.1. The molecule has 0 N–H and O–H groups in total. The summed E-state index contributed by atoms with van der Waals surface area (Å²) in [5.41, 5.74) is 0. The first kappa shape index (κ1) is 20.5. The summed E-state index contributed by atoms with van der Waals surface area (Å²) in [6, 6.07) is 4.41. The highest BCUT2D eigenvalue weighted by molar-refractivity contribution is 9.10. The van der Waals surface area contributed by atoms with E-state index in [1.807, 2.05) is 13.8 Å². The zero-order valence-corrected chi connectivity index (χ0v) is 16.6. The van der Waals surface area contributed by atoms with Crippen LogP contribution in [-0.4, -0.2) is 61.2 Å². The number of ether oxygens (including phenoxy) is 2. The lowest BCUT2D eigenvalue weighted by Gasteiger charge is -2.22. The molecule has 1 aliphatic heterocycles. The highest BCUT2D eigenvalue weighted by Crippen LogP contribution is 2.21. The van der Waals surface area contributed by atoms with Gasteiger partial charge in [-0.3, -0.25) is 4.79 Å². The van der Waals surface area contributed by atoms with Crippen molar-refractivity contribution in [3.8, 4) is 5.75 Å². The quantitative estimate of drug-likeness (QED) is 0.718. The molecular formula is C18H24BrFN2O4. The lowest BCUT2D eigenvalue weighted by molar-refractivity contribution is -0.133. The zero-order valence-electron chi connectivity index (χ0n) is 15.0. The largest absolute Gasteiger partial charge is 0.481 e. The number of hydrogen-bond acceptors (Lipinski definition) is 4. The van der Waals surface area contributed by atoms with E-state index in [2.05, 4.69) is 15.9 Å². The number of carbonyl (C=O) groups excluding carboxylic acids is 2. The minimum absolute atomic E-state index is 0.0373. The molecule has 1 heterocycles. The van der Waals surface area contributed by atoms with Crippen molar-refractivity contribution < 1.29 is 23.5 Å². The first-order valence-corrected chi connectivity index (χ1v) is 9.43. The van der Waals surface area contributed by atoms with E-state index in [1.54, 1.807) is 15.9 Å². The van der Waals surface area contributed by atoms with Gasteiger partial charge in [-0.05, 0) is 30.5 Å². The summed E-state index contributed by atoms with van der Waals surface area (Å²) in [4.78, 5) is 27.6. The lowest BCUT2D eigenvalue weighted by atomic mass is 10.2. The van der Waals surface area contributed by atoms with Crippen LogP contribution in [0.4, 0.5) is 9.18 Å². The number of nitrogens with zero attached hydrogens (tertiary/aromatic N) is 2. The first-order chi connectivity index (χ1) is 12.4. The van der Waals surface area contributed by atoms with Crippen molar-refractivity contribution in [1.82, 2.24) is 9.80 Å². The summed E-state index contributed by atoms with van der Waals surface area (Å²) < 4.78 is 24.9. The highest BCUT2D eigenvalue weighted by Gasteiger charge is 2.23. The normalized spacial score (nSPS) is 15.0. The first-order valence-electron chi connectivity index (χ1n) is 8.64. The van der Waals surface area contributed by atoms with Crippen LogP contribution >= 0.6 is 15.9 Å². The topological polar surface area (TPSA) is 59.1 Å². The molecule has 2 amide bonds. The fourth-order valence-corrected chi connectivity index (χ4v) is 2.83. The minimum Gasteiger partial charge on any atom is -0.481 e. The van der Waals surface area contributed by atoms with Gasteiger partial charge in [0.15, 0.2) is 18.2 Å².